The zero-order chi connectivity index (χ0) is 13.7. The van der Waals surface area contributed by atoms with Crippen molar-refractivity contribution < 1.29 is 13.9 Å². The molecule has 1 unspecified atom stereocenters. The summed E-state index contributed by atoms with van der Waals surface area (Å²) in [6, 6.07) is 4.70. The average molecular weight is 266 g/mol. The van der Waals surface area contributed by atoms with E-state index in [1.165, 1.54) is 13.2 Å². The second kappa shape index (κ2) is 6.52. The molecule has 1 fully saturated rings. The molecule has 1 aromatic rings. The van der Waals surface area contributed by atoms with Crippen LogP contribution in [0.4, 0.5) is 4.39 Å². The minimum Gasteiger partial charge on any atom is -0.494 e. The number of hydrogen-bond acceptors (Lipinski definition) is 3. The predicted molar refractivity (Wildman–Crippen MR) is 70.4 cm³/mol. The van der Waals surface area contributed by atoms with Crippen LogP contribution in [0.2, 0.25) is 0 Å². The van der Waals surface area contributed by atoms with Gasteiger partial charge in [0.15, 0.2) is 11.6 Å². The Morgan fingerprint density at radius 1 is 1.58 bits per heavy atom. The van der Waals surface area contributed by atoms with Crippen LogP contribution in [-0.2, 0) is 11.3 Å². The molecule has 5 heteroatoms. The Morgan fingerprint density at radius 2 is 2.42 bits per heavy atom. The summed E-state index contributed by atoms with van der Waals surface area (Å²) in [6.45, 7) is 2.24. The summed E-state index contributed by atoms with van der Waals surface area (Å²) in [5.41, 5.74) is 0.733. The Morgan fingerprint density at radius 3 is 3.05 bits per heavy atom. The third-order valence-corrected chi connectivity index (χ3v) is 3.34. The Kier molecular flexibility index (Phi) is 4.74. The van der Waals surface area contributed by atoms with Crippen LogP contribution in [0.3, 0.4) is 0 Å². The minimum atomic E-state index is -0.408. The lowest BCUT2D eigenvalue weighted by atomic mass is 10.0. The zero-order valence-corrected chi connectivity index (χ0v) is 11.0. The van der Waals surface area contributed by atoms with Gasteiger partial charge in [-0.15, -0.1) is 0 Å². The first-order valence-electron chi connectivity index (χ1n) is 6.49. The molecule has 0 aliphatic carbocycles. The van der Waals surface area contributed by atoms with E-state index < -0.39 is 5.82 Å². The maximum Gasteiger partial charge on any atom is 0.220 e. The first kappa shape index (κ1) is 13.8. The standard InChI is InChI=1S/C14H19FN2O2/c1-19-13-3-2-10(6-12(13)15)9-17-14(18)7-11-4-5-16-8-11/h2-3,6,11,16H,4-5,7-9H2,1H3,(H,17,18). The molecule has 2 N–H and O–H groups in total. The minimum absolute atomic E-state index is 0.0185. The van der Waals surface area contributed by atoms with Crippen LogP contribution in [-0.4, -0.2) is 26.1 Å². The van der Waals surface area contributed by atoms with Crippen LogP contribution < -0.4 is 15.4 Å². The van der Waals surface area contributed by atoms with E-state index in [1.807, 2.05) is 0 Å². The van der Waals surface area contributed by atoms with E-state index in [2.05, 4.69) is 10.6 Å². The highest BCUT2D eigenvalue weighted by molar-refractivity contribution is 5.76. The molecule has 1 saturated heterocycles. The van der Waals surface area contributed by atoms with Crippen LogP contribution in [0.1, 0.15) is 18.4 Å². The summed E-state index contributed by atoms with van der Waals surface area (Å²) in [6.07, 6.45) is 1.58. The number of halogens is 1. The molecular weight excluding hydrogens is 247 g/mol. The van der Waals surface area contributed by atoms with Crippen molar-refractivity contribution in [1.29, 1.82) is 0 Å². The molecule has 1 aromatic carbocycles. The number of benzene rings is 1. The second-order valence-corrected chi connectivity index (χ2v) is 4.81. The topological polar surface area (TPSA) is 50.4 Å². The molecule has 1 amide bonds. The number of nitrogens with one attached hydrogen (secondary N) is 2. The summed E-state index contributed by atoms with van der Waals surface area (Å²) in [5.74, 6) is 0.249. The van der Waals surface area contributed by atoms with E-state index in [-0.39, 0.29) is 11.7 Å². The monoisotopic (exact) mass is 266 g/mol. The lowest BCUT2D eigenvalue weighted by Gasteiger charge is -2.10. The van der Waals surface area contributed by atoms with Crippen LogP contribution in [0.5, 0.6) is 5.75 Å². The predicted octanol–water partition coefficient (Wildman–Crippen LogP) is 1.45. The van der Waals surface area contributed by atoms with E-state index in [0.717, 1.165) is 25.1 Å². The highest BCUT2D eigenvalue weighted by Gasteiger charge is 2.17. The number of ether oxygens (including phenoxy) is 1. The lowest BCUT2D eigenvalue weighted by Crippen LogP contribution is -2.25. The first-order chi connectivity index (χ1) is 9.19. The molecule has 1 aliphatic heterocycles. The number of carbonyl (C=O) groups is 1. The summed E-state index contributed by atoms with van der Waals surface area (Å²) in [4.78, 5) is 11.7. The number of carbonyl (C=O) groups excluding carboxylic acids is 1. The van der Waals surface area contributed by atoms with Gasteiger partial charge in [-0.3, -0.25) is 4.79 Å². The number of hydrogen-bond donors (Lipinski definition) is 2. The molecule has 19 heavy (non-hydrogen) atoms. The molecule has 0 spiro atoms. The molecule has 0 saturated carbocycles. The zero-order valence-electron chi connectivity index (χ0n) is 11.0. The van der Waals surface area contributed by atoms with E-state index in [9.17, 15) is 9.18 Å². The Bertz CT molecular complexity index is 445. The first-order valence-corrected chi connectivity index (χ1v) is 6.49. The fraction of sp³-hybridized carbons (Fsp3) is 0.500. The average Bonchev–Trinajstić information content (AvgIpc) is 2.89. The molecule has 1 aliphatic rings. The maximum atomic E-state index is 13.5. The van der Waals surface area contributed by atoms with Crippen molar-refractivity contribution >= 4 is 5.91 Å². The molecule has 1 heterocycles. The SMILES string of the molecule is COc1ccc(CNC(=O)CC2CCNC2)cc1F. The Labute approximate surface area is 112 Å². The van der Waals surface area contributed by atoms with Crippen molar-refractivity contribution in [3.05, 3.63) is 29.6 Å². The van der Waals surface area contributed by atoms with Crippen LogP contribution in [0, 0.1) is 11.7 Å². The number of rotatable bonds is 5. The van der Waals surface area contributed by atoms with Crippen molar-refractivity contribution in [1.82, 2.24) is 10.6 Å². The normalized spacial score (nSPS) is 18.3. The van der Waals surface area contributed by atoms with Crippen molar-refractivity contribution in [2.45, 2.75) is 19.4 Å². The van der Waals surface area contributed by atoms with Gasteiger partial charge in [0, 0.05) is 13.0 Å². The van der Waals surface area contributed by atoms with E-state index in [0.29, 0.717) is 18.9 Å². The van der Waals surface area contributed by atoms with Crippen LogP contribution in [0.15, 0.2) is 18.2 Å². The van der Waals surface area contributed by atoms with Crippen LogP contribution in [0.25, 0.3) is 0 Å². The molecule has 2 rings (SSSR count). The van der Waals surface area contributed by atoms with Crippen LogP contribution >= 0.6 is 0 Å². The van der Waals surface area contributed by atoms with Crippen molar-refractivity contribution in [3.8, 4) is 5.75 Å². The van der Waals surface area contributed by atoms with Gasteiger partial charge >= 0.3 is 0 Å². The molecular formula is C14H19FN2O2. The Balaban J connectivity index is 1.81. The molecule has 1 atom stereocenters. The van der Waals surface area contributed by atoms with Gasteiger partial charge in [-0.25, -0.2) is 4.39 Å². The summed E-state index contributed by atoms with van der Waals surface area (Å²) >= 11 is 0. The van der Waals surface area contributed by atoms with E-state index in [1.54, 1.807) is 12.1 Å². The highest BCUT2D eigenvalue weighted by atomic mass is 19.1. The van der Waals surface area contributed by atoms with Gasteiger partial charge in [0.05, 0.1) is 7.11 Å². The smallest absolute Gasteiger partial charge is 0.220 e. The third kappa shape index (κ3) is 3.92. The van der Waals surface area contributed by atoms with Gasteiger partial charge in [0.2, 0.25) is 5.91 Å². The molecule has 104 valence electrons. The number of amides is 1. The van der Waals surface area contributed by atoms with Crippen molar-refractivity contribution in [3.63, 3.8) is 0 Å². The summed E-state index contributed by atoms with van der Waals surface area (Å²) in [7, 11) is 1.43. The largest absolute Gasteiger partial charge is 0.494 e. The van der Waals surface area contributed by atoms with Crippen molar-refractivity contribution in [2.75, 3.05) is 20.2 Å². The van der Waals surface area contributed by atoms with Gasteiger partial charge < -0.3 is 15.4 Å². The van der Waals surface area contributed by atoms with Gasteiger partial charge in [-0.2, -0.15) is 0 Å². The molecule has 0 radical (unpaired) electrons. The highest BCUT2D eigenvalue weighted by Crippen LogP contribution is 2.17. The fourth-order valence-electron chi connectivity index (χ4n) is 2.24. The summed E-state index contributed by atoms with van der Waals surface area (Å²) in [5, 5.41) is 6.04. The number of methoxy groups -OCH3 is 1. The second-order valence-electron chi connectivity index (χ2n) is 4.81. The quantitative estimate of drug-likeness (QED) is 0.848. The maximum absolute atomic E-state index is 13.5. The van der Waals surface area contributed by atoms with Crippen molar-refractivity contribution in [2.24, 2.45) is 5.92 Å². The molecule has 0 bridgehead atoms. The van der Waals surface area contributed by atoms with Gasteiger partial charge in [-0.1, -0.05) is 6.07 Å². The third-order valence-electron chi connectivity index (χ3n) is 3.34. The van der Waals surface area contributed by atoms with E-state index in [4.69, 9.17) is 4.74 Å². The lowest BCUT2D eigenvalue weighted by molar-refractivity contribution is -0.122. The Hall–Kier alpha value is -1.62. The van der Waals surface area contributed by atoms with Gasteiger partial charge in [0.25, 0.3) is 0 Å². The summed E-state index contributed by atoms with van der Waals surface area (Å²) < 4.78 is 18.3. The van der Waals surface area contributed by atoms with Gasteiger partial charge in [-0.05, 0) is 43.1 Å². The van der Waals surface area contributed by atoms with Gasteiger partial charge in [0.1, 0.15) is 0 Å². The van der Waals surface area contributed by atoms with E-state index >= 15 is 0 Å². The molecule has 4 nitrogen and oxygen atoms in total. The fourth-order valence-corrected chi connectivity index (χ4v) is 2.24. The molecule has 0 aromatic heterocycles.